The fourth-order valence-electron chi connectivity index (χ4n) is 1.00. The van der Waals surface area contributed by atoms with Gasteiger partial charge in [0.15, 0.2) is 0 Å². The Kier molecular flexibility index (Phi) is 3.00. The molecule has 76 valence electrons. The molecule has 4 nitrogen and oxygen atoms in total. The first-order valence-electron chi connectivity index (χ1n) is 4.25. The van der Waals surface area contributed by atoms with E-state index in [1.54, 1.807) is 0 Å². The first-order chi connectivity index (χ1) is 7.25. The predicted molar refractivity (Wildman–Crippen MR) is 65.7 cm³/mol. The number of ether oxygens (including phenoxy) is 1. The molecule has 2 rings (SSSR count). The molecule has 15 heavy (non-hydrogen) atoms. The van der Waals surface area contributed by atoms with E-state index in [-0.39, 0.29) is 0 Å². The Morgan fingerprint density at radius 3 is 2.47 bits per heavy atom. The summed E-state index contributed by atoms with van der Waals surface area (Å²) in [7, 11) is 0. The van der Waals surface area contributed by atoms with Crippen molar-refractivity contribution in [1.82, 2.24) is 9.97 Å². The van der Waals surface area contributed by atoms with E-state index >= 15 is 0 Å². The first kappa shape index (κ1) is 10.2. The summed E-state index contributed by atoms with van der Waals surface area (Å²) >= 11 is 2.19. The molecular weight excluding hydrogens is 305 g/mol. The van der Waals surface area contributed by atoms with Gasteiger partial charge in [-0.15, -0.1) is 0 Å². The van der Waals surface area contributed by atoms with Crippen molar-refractivity contribution in [3.8, 4) is 11.8 Å². The zero-order chi connectivity index (χ0) is 10.7. The number of nitrogens with two attached hydrogens (primary N) is 1. The lowest BCUT2D eigenvalue weighted by molar-refractivity contribution is 0.439. The zero-order valence-electron chi connectivity index (χ0n) is 7.72. The zero-order valence-corrected chi connectivity index (χ0v) is 9.88. The summed E-state index contributed by atoms with van der Waals surface area (Å²) in [5.41, 5.74) is 5.99. The van der Waals surface area contributed by atoms with Gasteiger partial charge in [-0.25, -0.2) is 9.97 Å². The molecule has 1 heterocycles. The number of anilines is 1. The Balaban J connectivity index is 2.22. The third-order valence-corrected chi connectivity index (χ3v) is 2.58. The van der Waals surface area contributed by atoms with E-state index in [4.69, 9.17) is 10.5 Å². The van der Waals surface area contributed by atoms with E-state index in [9.17, 15) is 0 Å². The van der Waals surface area contributed by atoms with Gasteiger partial charge >= 0.3 is 6.01 Å². The molecule has 0 aliphatic rings. The maximum Gasteiger partial charge on any atom is 0.322 e. The average Bonchev–Trinajstić information content (AvgIpc) is 2.25. The van der Waals surface area contributed by atoms with E-state index in [2.05, 4.69) is 32.6 Å². The van der Waals surface area contributed by atoms with Crippen LogP contribution < -0.4 is 10.5 Å². The number of nitrogens with zero attached hydrogens (tertiary/aromatic N) is 2. The van der Waals surface area contributed by atoms with Gasteiger partial charge < -0.3 is 10.5 Å². The van der Waals surface area contributed by atoms with Crippen molar-refractivity contribution in [3.63, 3.8) is 0 Å². The third-order valence-electron chi connectivity index (χ3n) is 1.69. The van der Waals surface area contributed by atoms with Crippen molar-refractivity contribution >= 4 is 28.3 Å². The van der Waals surface area contributed by atoms with Crippen molar-refractivity contribution < 1.29 is 4.74 Å². The second-order valence-electron chi connectivity index (χ2n) is 2.83. The lowest BCUT2D eigenvalue weighted by atomic mass is 10.3. The molecular formula is C10H8IN3O. The van der Waals surface area contributed by atoms with E-state index in [1.807, 2.05) is 24.3 Å². The Morgan fingerprint density at radius 2 is 1.80 bits per heavy atom. The molecule has 2 N–H and O–H groups in total. The number of para-hydroxylation sites is 1. The highest BCUT2D eigenvalue weighted by Crippen LogP contribution is 2.23. The van der Waals surface area contributed by atoms with Crippen molar-refractivity contribution in [2.45, 2.75) is 0 Å². The molecule has 0 aliphatic heterocycles. The van der Waals surface area contributed by atoms with Crippen LogP contribution in [0.2, 0.25) is 0 Å². The molecule has 2 aromatic rings. The molecule has 0 aliphatic carbocycles. The highest BCUT2D eigenvalue weighted by molar-refractivity contribution is 14.1. The number of halogens is 1. The second-order valence-corrected chi connectivity index (χ2v) is 3.99. The second kappa shape index (κ2) is 4.43. The summed E-state index contributed by atoms with van der Waals surface area (Å²) < 4.78 is 6.49. The molecule has 0 fully saturated rings. The quantitative estimate of drug-likeness (QED) is 0.865. The molecule has 0 spiro atoms. The first-order valence-corrected chi connectivity index (χ1v) is 5.33. The van der Waals surface area contributed by atoms with Gasteiger partial charge in [0.2, 0.25) is 0 Å². The molecule has 0 unspecified atom stereocenters. The van der Waals surface area contributed by atoms with E-state index in [0.29, 0.717) is 11.7 Å². The van der Waals surface area contributed by atoms with Crippen LogP contribution in [0, 0.1) is 3.57 Å². The smallest absolute Gasteiger partial charge is 0.322 e. The summed E-state index contributed by atoms with van der Waals surface area (Å²) in [4.78, 5) is 7.91. The van der Waals surface area contributed by atoms with Gasteiger partial charge in [-0.2, -0.15) is 0 Å². The average molecular weight is 313 g/mol. The van der Waals surface area contributed by atoms with E-state index in [0.717, 1.165) is 9.32 Å². The SMILES string of the molecule is Nc1cnc(Oc2ccccc2I)nc1. The summed E-state index contributed by atoms with van der Waals surface area (Å²) in [6, 6.07) is 7.95. The number of nitrogen functional groups attached to an aromatic ring is 1. The molecule has 5 heteroatoms. The number of aromatic nitrogens is 2. The molecule has 0 atom stereocenters. The van der Waals surface area contributed by atoms with Crippen LogP contribution in [0.5, 0.6) is 11.8 Å². The Labute approximate surface area is 101 Å². The van der Waals surface area contributed by atoms with Gasteiger partial charge in [-0.3, -0.25) is 0 Å². The molecule has 1 aromatic carbocycles. The van der Waals surface area contributed by atoms with Gasteiger partial charge in [0.1, 0.15) is 5.75 Å². The summed E-state index contributed by atoms with van der Waals surface area (Å²) in [6.45, 7) is 0. The lowest BCUT2D eigenvalue weighted by Gasteiger charge is -2.04. The van der Waals surface area contributed by atoms with Crippen LogP contribution in [-0.2, 0) is 0 Å². The predicted octanol–water partition coefficient (Wildman–Crippen LogP) is 2.46. The van der Waals surface area contributed by atoms with E-state index in [1.165, 1.54) is 12.4 Å². The van der Waals surface area contributed by atoms with Gasteiger partial charge in [0, 0.05) is 0 Å². The van der Waals surface area contributed by atoms with Crippen LogP contribution in [-0.4, -0.2) is 9.97 Å². The Morgan fingerprint density at radius 1 is 1.13 bits per heavy atom. The lowest BCUT2D eigenvalue weighted by Crippen LogP contribution is -1.94. The van der Waals surface area contributed by atoms with Crippen molar-refractivity contribution in [1.29, 1.82) is 0 Å². The minimum Gasteiger partial charge on any atom is -0.423 e. The van der Waals surface area contributed by atoms with Gasteiger partial charge in [0.25, 0.3) is 0 Å². The highest BCUT2D eigenvalue weighted by Gasteiger charge is 2.02. The van der Waals surface area contributed by atoms with E-state index < -0.39 is 0 Å². The summed E-state index contributed by atoms with van der Waals surface area (Å²) in [5, 5.41) is 0. The van der Waals surface area contributed by atoms with Crippen molar-refractivity contribution in [3.05, 3.63) is 40.2 Å². The number of hydrogen-bond donors (Lipinski definition) is 1. The Hall–Kier alpha value is -1.37. The van der Waals surface area contributed by atoms with Crippen LogP contribution in [0.3, 0.4) is 0 Å². The number of rotatable bonds is 2. The van der Waals surface area contributed by atoms with Gasteiger partial charge in [-0.05, 0) is 34.7 Å². The van der Waals surface area contributed by atoms with Crippen LogP contribution in [0.4, 0.5) is 5.69 Å². The van der Waals surface area contributed by atoms with Gasteiger partial charge in [-0.1, -0.05) is 12.1 Å². The summed E-state index contributed by atoms with van der Waals surface area (Å²) in [5.74, 6) is 0.739. The molecule has 0 bridgehead atoms. The number of hydrogen-bond acceptors (Lipinski definition) is 4. The van der Waals surface area contributed by atoms with Crippen molar-refractivity contribution in [2.75, 3.05) is 5.73 Å². The fourth-order valence-corrected chi connectivity index (χ4v) is 1.50. The molecule has 0 amide bonds. The fraction of sp³-hybridized carbons (Fsp3) is 0. The van der Waals surface area contributed by atoms with Crippen LogP contribution in [0.15, 0.2) is 36.7 Å². The van der Waals surface area contributed by atoms with Crippen LogP contribution in [0.25, 0.3) is 0 Å². The van der Waals surface area contributed by atoms with Crippen molar-refractivity contribution in [2.24, 2.45) is 0 Å². The molecule has 0 radical (unpaired) electrons. The standard InChI is InChI=1S/C10H8IN3O/c11-8-3-1-2-4-9(8)15-10-13-5-7(12)6-14-10/h1-6H,12H2. The largest absolute Gasteiger partial charge is 0.423 e. The Bertz CT molecular complexity index is 458. The van der Waals surface area contributed by atoms with Gasteiger partial charge in [0.05, 0.1) is 21.7 Å². The molecule has 0 saturated carbocycles. The van der Waals surface area contributed by atoms with Crippen LogP contribution >= 0.6 is 22.6 Å². The topological polar surface area (TPSA) is 61.0 Å². The maximum atomic E-state index is 5.48. The minimum absolute atomic E-state index is 0.299. The minimum atomic E-state index is 0.299. The highest BCUT2D eigenvalue weighted by atomic mass is 127. The molecule has 1 aromatic heterocycles. The summed E-state index contributed by atoms with van der Waals surface area (Å²) in [6.07, 6.45) is 3.02. The number of benzene rings is 1. The third kappa shape index (κ3) is 2.56. The van der Waals surface area contributed by atoms with Crippen LogP contribution in [0.1, 0.15) is 0 Å². The molecule has 0 saturated heterocycles. The normalized spacial score (nSPS) is 9.93. The monoisotopic (exact) mass is 313 g/mol. The maximum absolute atomic E-state index is 5.48.